The molecule has 1 aromatic rings. The Labute approximate surface area is 115 Å². The van der Waals surface area contributed by atoms with Crippen LogP contribution in [0.1, 0.15) is 31.1 Å². The number of aromatic carboxylic acids is 1. The van der Waals surface area contributed by atoms with Crippen molar-refractivity contribution in [2.24, 2.45) is 5.92 Å². The second-order valence-corrected chi connectivity index (χ2v) is 5.00. The number of anilines is 1. The Balaban J connectivity index is 3.30. The van der Waals surface area contributed by atoms with E-state index < -0.39 is 10.9 Å². The van der Waals surface area contributed by atoms with Crippen LogP contribution in [0.3, 0.4) is 0 Å². The van der Waals surface area contributed by atoms with Crippen molar-refractivity contribution in [3.8, 4) is 0 Å². The van der Waals surface area contributed by atoms with Crippen LogP contribution in [0.15, 0.2) is 12.1 Å². The zero-order chi connectivity index (χ0) is 14.7. The van der Waals surface area contributed by atoms with Crippen LogP contribution in [0.25, 0.3) is 0 Å². The predicted octanol–water partition coefficient (Wildman–Crippen LogP) is 3.40. The Bertz CT molecular complexity index is 517. The number of nitro groups is 1. The molecule has 104 valence electrons. The first-order chi connectivity index (χ1) is 8.73. The fourth-order valence-corrected chi connectivity index (χ4v) is 1.68. The number of carboxylic acids is 1. The standard InChI is InChI=1S/C12H15ClN2O4/c1-6(2)7(3)14-11-9(12(16)17)4-8(15(18)19)5-10(11)13/h4-7,14H,1-3H3,(H,16,17). The minimum atomic E-state index is -1.26. The third kappa shape index (κ3) is 3.57. The Hall–Kier alpha value is -1.82. The molecule has 0 spiro atoms. The van der Waals surface area contributed by atoms with Crippen LogP contribution in [0, 0.1) is 16.0 Å². The molecule has 0 aliphatic carbocycles. The van der Waals surface area contributed by atoms with Crippen molar-refractivity contribution in [2.75, 3.05) is 5.32 Å². The average molecular weight is 287 g/mol. The second-order valence-electron chi connectivity index (χ2n) is 4.59. The molecular formula is C12H15ClN2O4. The molecule has 0 aliphatic heterocycles. The average Bonchev–Trinajstić information content (AvgIpc) is 2.30. The van der Waals surface area contributed by atoms with E-state index in [1.165, 1.54) is 0 Å². The first-order valence-corrected chi connectivity index (χ1v) is 6.09. The van der Waals surface area contributed by atoms with Gasteiger partial charge in [-0.25, -0.2) is 4.79 Å². The van der Waals surface area contributed by atoms with Crippen LogP contribution >= 0.6 is 11.6 Å². The monoisotopic (exact) mass is 286 g/mol. The number of hydrogen-bond donors (Lipinski definition) is 2. The highest BCUT2D eigenvalue weighted by atomic mass is 35.5. The van der Waals surface area contributed by atoms with E-state index in [4.69, 9.17) is 16.7 Å². The van der Waals surface area contributed by atoms with Crippen LogP contribution in [0.5, 0.6) is 0 Å². The van der Waals surface area contributed by atoms with Gasteiger partial charge in [-0.2, -0.15) is 0 Å². The first kappa shape index (κ1) is 15.2. The SMILES string of the molecule is CC(C)C(C)Nc1c(Cl)cc([N+](=O)[O-])cc1C(=O)O. The van der Waals surface area contributed by atoms with Crippen molar-refractivity contribution >= 4 is 28.9 Å². The number of carboxylic acid groups (broad SMARTS) is 1. The lowest BCUT2D eigenvalue weighted by molar-refractivity contribution is -0.384. The van der Waals surface area contributed by atoms with Crippen molar-refractivity contribution < 1.29 is 14.8 Å². The molecule has 1 unspecified atom stereocenters. The zero-order valence-corrected chi connectivity index (χ0v) is 11.6. The largest absolute Gasteiger partial charge is 0.478 e. The van der Waals surface area contributed by atoms with E-state index in [1.807, 2.05) is 20.8 Å². The fraction of sp³-hybridized carbons (Fsp3) is 0.417. The summed E-state index contributed by atoms with van der Waals surface area (Å²) in [6.07, 6.45) is 0. The lowest BCUT2D eigenvalue weighted by Gasteiger charge is -2.21. The van der Waals surface area contributed by atoms with Gasteiger partial charge in [0.05, 0.1) is 21.2 Å². The Morgan fingerprint density at radius 3 is 2.42 bits per heavy atom. The van der Waals surface area contributed by atoms with Crippen molar-refractivity contribution in [1.82, 2.24) is 0 Å². The van der Waals surface area contributed by atoms with Gasteiger partial charge in [-0.05, 0) is 12.8 Å². The molecule has 1 rings (SSSR count). The highest BCUT2D eigenvalue weighted by molar-refractivity contribution is 6.34. The second kappa shape index (κ2) is 5.88. The summed E-state index contributed by atoms with van der Waals surface area (Å²) < 4.78 is 0. The Kier molecular flexibility index (Phi) is 4.72. The van der Waals surface area contributed by atoms with Crippen LogP contribution in [0.4, 0.5) is 11.4 Å². The maximum atomic E-state index is 11.2. The summed E-state index contributed by atoms with van der Waals surface area (Å²) in [5.74, 6) is -1.00. The van der Waals surface area contributed by atoms with Gasteiger partial charge < -0.3 is 10.4 Å². The number of rotatable bonds is 5. The number of benzene rings is 1. The molecule has 0 amide bonds. The molecule has 0 aliphatic rings. The molecule has 0 saturated heterocycles. The molecule has 0 radical (unpaired) electrons. The molecule has 2 N–H and O–H groups in total. The van der Waals surface area contributed by atoms with Crippen LogP contribution in [0.2, 0.25) is 5.02 Å². The van der Waals surface area contributed by atoms with E-state index in [2.05, 4.69) is 5.32 Å². The van der Waals surface area contributed by atoms with Crippen molar-refractivity contribution in [3.63, 3.8) is 0 Å². The number of carbonyl (C=O) groups is 1. The third-order valence-electron chi connectivity index (χ3n) is 2.89. The molecule has 7 heteroatoms. The van der Waals surface area contributed by atoms with E-state index >= 15 is 0 Å². The van der Waals surface area contributed by atoms with Gasteiger partial charge >= 0.3 is 5.97 Å². The normalized spacial score (nSPS) is 12.3. The molecule has 1 aromatic carbocycles. The zero-order valence-electron chi connectivity index (χ0n) is 10.8. The fourth-order valence-electron chi connectivity index (χ4n) is 1.41. The van der Waals surface area contributed by atoms with Crippen LogP contribution in [-0.2, 0) is 0 Å². The summed E-state index contributed by atoms with van der Waals surface area (Å²) in [5.41, 5.74) is -0.335. The number of nitro benzene ring substituents is 1. The van der Waals surface area contributed by atoms with E-state index in [-0.39, 0.29) is 33.9 Å². The van der Waals surface area contributed by atoms with Gasteiger partial charge in [-0.15, -0.1) is 0 Å². The summed E-state index contributed by atoms with van der Waals surface area (Å²) in [5, 5.41) is 22.8. The number of non-ortho nitro benzene ring substituents is 1. The molecule has 0 saturated carbocycles. The first-order valence-electron chi connectivity index (χ1n) is 5.71. The number of nitrogens with zero attached hydrogens (tertiary/aromatic N) is 1. The lowest BCUT2D eigenvalue weighted by Crippen LogP contribution is -2.23. The number of hydrogen-bond acceptors (Lipinski definition) is 4. The smallest absolute Gasteiger partial charge is 0.338 e. The van der Waals surface area contributed by atoms with Gasteiger partial charge in [0.1, 0.15) is 0 Å². The van der Waals surface area contributed by atoms with E-state index in [9.17, 15) is 14.9 Å². The van der Waals surface area contributed by atoms with Gasteiger partial charge in [0.25, 0.3) is 5.69 Å². The third-order valence-corrected chi connectivity index (χ3v) is 3.19. The summed E-state index contributed by atoms with van der Waals surface area (Å²) in [6, 6.07) is 2.13. The maximum Gasteiger partial charge on any atom is 0.338 e. The topological polar surface area (TPSA) is 92.5 Å². The van der Waals surface area contributed by atoms with E-state index in [0.29, 0.717) is 0 Å². The van der Waals surface area contributed by atoms with Crippen LogP contribution in [-0.4, -0.2) is 22.0 Å². The van der Waals surface area contributed by atoms with Crippen molar-refractivity contribution in [2.45, 2.75) is 26.8 Å². The van der Waals surface area contributed by atoms with Gasteiger partial charge in [-0.3, -0.25) is 10.1 Å². The van der Waals surface area contributed by atoms with Gasteiger partial charge in [0.15, 0.2) is 0 Å². The number of halogens is 1. The molecular weight excluding hydrogens is 272 g/mol. The molecule has 19 heavy (non-hydrogen) atoms. The molecule has 0 bridgehead atoms. The highest BCUT2D eigenvalue weighted by Crippen LogP contribution is 2.32. The summed E-state index contributed by atoms with van der Waals surface area (Å²) in [6.45, 7) is 5.82. The summed E-state index contributed by atoms with van der Waals surface area (Å²) in [4.78, 5) is 21.2. The van der Waals surface area contributed by atoms with Crippen LogP contribution < -0.4 is 5.32 Å². The number of nitrogens with one attached hydrogen (secondary N) is 1. The molecule has 1 atom stereocenters. The maximum absolute atomic E-state index is 11.2. The summed E-state index contributed by atoms with van der Waals surface area (Å²) in [7, 11) is 0. The quantitative estimate of drug-likeness (QED) is 0.639. The van der Waals surface area contributed by atoms with Crippen molar-refractivity contribution in [3.05, 3.63) is 32.8 Å². The summed E-state index contributed by atoms with van der Waals surface area (Å²) >= 11 is 5.94. The predicted molar refractivity (Wildman–Crippen MR) is 73.0 cm³/mol. The van der Waals surface area contributed by atoms with Crippen molar-refractivity contribution in [1.29, 1.82) is 0 Å². The highest BCUT2D eigenvalue weighted by Gasteiger charge is 2.21. The van der Waals surface area contributed by atoms with E-state index in [1.54, 1.807) is 0 Å². The van der Waals surface area contributed by atoms with Gasteiger partial charge in [0, 0.05) is 18.2 Å². The molecule has 6 nitrogen and oxygen atoms in total. The lowest BCUT2D eigenvalue weighted by atomic mass is 10.0. The Morgan fingerprint density at radius 1 is 1.42 bits per heavy atom. The molecule has 0 aromatic heterocycles. The molecule has 0 heterocycles. The minimum Gasteiger partial charge on any atom is -0.478 e. The van der Waals surface area contributed by atoms with Gasteiger partial charge in [-0.1, -0.05) is 25.4 Å². The van der Waals surface area contributed by atoms with Gasteiger partial charge in [0.2, 0.25) is 0 Å². The minimum absolute atomic E-state index is 0.0166. The molecule has 0 fully saturated rings. The Morgan fingerprint density at radius 2 is 2.00 bits per heavy atom. The van der Waals surface area contributed by atoms with E-state index in [0.717, 1.165) is 12.1 Å².